The zero-order valence-corrected chi connectivity index (χ0v) is 11.0. The van der Waals surface area contributed by atoms with Crippen LogP contribution in [0.1, 0.15) is 5.56 Å². The summed E-state index contributed by atoms with van der Waals surface area (Å²) in [6, 6.07) is 6.98. The molecule has 0 aliphatic rings. The van der Waals surface area contributed by atoms with E-state index in [2.05, 4.69) is 0 Å². The summed E-state index contributed by atoms with van der Waals surface area (Å²) < 4.78 is 54.7. The number of thioether (sulfide) groups is 1. The van der Waals surface area contributed by atoms with Gasteiger partial charge in [-0.1, -0.05) is 12.1 Å². The highest BCUT2D eigenvalue weighted by atomic mass is 32.2. The first-order valence-corrected chi connectivity index (χ1v) is 6.64. The van der Waals surface area contributed by atoms with Crippen molar-refractivity contribution < 1.29 is 17.6 Å². The van der Waals surface area contributed by atoms with Gasteiger partial charge in [-0.25, -0.2) is 17.6 Å². The maximum atomic E-state index is 13.8. The van der Waals surface area contributed by atoms with Crippen molar-refractivity contribution in [3.8, 4) is 17.2 Å². The second-order valence-corrected chi connectivity index (χ2v) is 4.73. The zero-order valence-electron chi connectivity index (χ0n) is 10.2. The van der Waals surface area contributed by atoms with Crippen LogP contribution >= 0.6 is 11.8 Å². The Labute approximate surface area is 116 Å². The molecule has 1 nitrogen and oxygen atoms in total. The molecule has 0 amide bonds. The molecular weight excluding hydrogens is 290 g/mol. The van der Waals surface area contributed by atoms with Crippen LogP contribution in [0.5, 0.6) is 0 Å². The van der Waals surface area contributed by atoms with E-state index < -0.39 is 34.4 Å². The van der Waals surface area contributed by atoms with E-state index in [-0.39, 0.29) is 5.56 Å². The second kappa shape index (κ2) is 5.55. The van der Waals surface area contributed by atoms with E-state index in [1.54, 1.807) is 12.1 Å². The lowest BCUT2D eigenvalue weighted by atomic mass is 10.0. The fraction of sp³-hybridized carbons (Fsp3) is 0.0714. The van der Waals surface area contributed by atoms with Gasteiger partial charge >= 0.3 is 0 Å². The lowest BCUT2D eigenvalue weighted by Crippen LogP contribution is -2.03. The predicted octanol–water partition coefficient (Wildman–Crippen LogP) is 4.50. The van der Waals surface area contributed by atoms with Crippen molar-refractivity contribution in [3.63, 3.8) is 0 Å². The Morgan fingerprint density at radius 3 is 1.80 bits per heavy atom. The van der Waals surface area contributed by atoms with Crippen LogP contribution < -0.4 is 0 Å². The van der Waals surface area contributed by atoms with Crippen LogP contribution in [0, 0.1) is 34.6 Å². The van der Waals surface area contributed by atoms with E-state index in [1.165, 1.54) is 23.9 Å². The summed E-state index contributed by atoms with van der Waals surface area (Å²) in [5.41, 5.74) is -2.07. The highest BCUT2D eigenvalue weighted by Gasteiger charge is 2.26. The minimum atomic E-state index is -1.68. The van der Waals surface area contributed by atoms with Gasteiger partial charge in [0.1, 0.15) is 11.6 Å². The minimum Gasteiger partial charge on any atom is -0.203 e. The normalized spacial score (nSPS) is 10.4. The van der Waals surface area contributed by atoms with E-state index in [0.29, 0.717) is 0 Å². The molecule has 6 heteroatoms. The molecule has 2 aromatic carbocycles. The van der Waals surface area contributed by atoms with Crippen LogP contribution in [0.3, 0.4) is 0 Å². The fourth-order valence-corrected chi connectivity index (χ4v) is 2.15. The molecule has 0 aliphatic heterocycles. The van der Waals surface area contributed by atoms with Crippen molar-refractivity contribution in [3.05, 3.63) is 53.1 Å². The third-order valence-electron chi connectivity index (χ3n) is 2.75. The molecule has 0 atom stereocenters. The first-order valence-electron chi connectivity index (χ1n) is 5.41. The average Bonchev–Trinajstić information content (AvgIpc) is 2.47. The van der Waals surface area contributed by atoms with Crippen LogP contribution in [0.25, 0.3) is 11.1 Å². The Kier molecular flexibility index (Phi) is 4.00. The molecule has 20 heavy (non-hydrogen) atoms. The van der Waals surface area contributed by atoms with Gasteiger partial charge in [0.05, 0.1) is 5.56 Å². The molecule has 0 aliphatic carbocycles. The number of rotatable bonds is 2. The first-order chi connectivity index (χ1) is 9.51. The van der Waals surface area contributed by atoms with Crippen LogP contribution in [0.2, 0.25) is 0 Å². The van der Waals surface area contributed by atoms with Crippen molar-refractivity contribution in [1.29, 1.82) is 5.26 Å². The predicted molar refractivity (Wildman–Crippen MR) is 68.2 cm³/mol. The maximum absolute atomic E-state index is 13.8. The molecule has 0 saturated carbocycles. The van der Waals surface area contributed by atoms with Crippen molar-refractivity contribution in [2.24, 2.45) is 0 Å². The number of nitrogens with zero attached hydrogens (tertiary/aromatic N) is 1. The highest BCUT2D eigenvalue weighted by molar-refractivity contribution is 7.98. The van der Waals surface area contributed by atoms with Gasteiger partial charge in [-0.3, -0.25) is 0 Å². The SMILES string of the molecule is CSc1ccc(-c2c(F)c(F)c(C#N)c(F)c2F)cc1. The van der Waals surface area contributed by atoms with Gasteiger partial charge in [0, 0.05) is 4.90 Å². The monoisotopic (exact) mass is 297 g/mol. The number of benzene rings is 2. The lowest BCUT2D eigenvalue weighted by molar-refractivity contribution is 0.454. The van der Waals surface area contributed by atoms with Gasteiger partial charge in [0.25, 0.3) is 0 Å². The summed E-state index contributed by atoms with van der Waals surface area (Å²) in [7, 11) is 0. The Bertz CT molecular complexity index is 676. The second-order valence-electron chi connectivity index (χ2n) is 3.85. The zero-order chi connectivity index (χ0) is 14.9. The fourth-order valence-electron chi connectivity index (χ4n) is 1.74. The summed E-state index contributed by atoms with van der Waals surface area (Å²) >= 11 is 1.41. The van der Waals surface area contributed by atoms with Gasteiger partial charge in [-0.2, -0.15) is 5.26 Å². The van der Waals surface area contributed by atoms with E-state index in [9.17, 15) is 17.6 Å². The van der Waals surface area contributed by atoms with E-state index >= 15 is 0 Å². The minimum absolute atomic E-state index is 0.0000831. The Balaban J connectivity index is 2.71. The number of hydrogen-bond donors (Lipinski definition) is 0. The quantitative estimate of drug-likeness (QED) is 0.463. The van der Waals surface area contributed by atoms with Crippen LogP contribution in [-0.2, 0) is 0 Å². The summed E-state index contributed by atoms with van der Waals surface area (Å²) in [6.45, 7) is 0. The van der Waals surface area contributed by atoms with Crippen molar-refractivity contribution in [2.45, 2.75) is 4.90 Å². The summed E-state index contributed by atoms with van der Waals surface area (Å²) in [5.74, 6) is -6.51. The van der Waals surface area contributed by atoms with E-state index in [4.69, 9.17) is 5.26 Å². The van der Waals surface area contributed by atoms with Gasteiger partial charge in [-0.15, -0.1) is 11.8 Å². The van der Waals surface area contributed by atoms with Crippen LogP contribution in [-0.4, -0.2) is 6.26 Å². The van der Waals surface area contributed by atoms with Gasteiger partial charge in [0.2, 0.25) is 0 Å². The average molecular weight is 297 g/mol. The lowest BCUT2D eigenvalue weighted by Gasteiger charge is -2.09. The molecule has 0 saturated heterocycles. The summed E-state index contributed by atoms with van der Waals surface area (Å²) in [5, 5.41) is 8.51. The van der Waals surface area contributed by atoms with Crippen molar-refractivity contribution in [1.82, 2.24) is 0 Å². The van der Waals surface area contributed by atoms with Crippen LogP contribution in [0.4, 0.5) is 17.6 Å². The van der Waals surface area contributed by atoms with Crippen molar-refractivity contribution >= 4 is 11.8 Å². The molecule has 0 aromatic heterocycles. The molecular formula is C14H7F4NS. The summed E-state index contributed by atoms with van der Waals surface area (Å²) in [4.78, 5) is 0.837. The standard InChI is InChI=1S/C14H7F4NS/c1-20-8-4-2-7(3-5-8)10-13(17)11(15)9(6-19)12(16)14(10)18/h2-5H,1H3. The molecule has 0 bridgehead atoms. The molecule has 2 aromatic rings. The molecule has 0 fully saturated rings. The largest absolute Gasteiger partial charge is 0.203 e. The molecule has 0 N–H and O–H groups in total. The molecule has 0 unspecified atom stereocenters. The third-order valence-corrected chi connectivity index (χ3v) is 3.50. The first kappa shape index (κ1) is 14.4. The Morgan fingerprint density at radius 1 is 0.900 bits per heavy atom. The topological polar surface area (TPSA) is 23.8 Å². The number of hydrogen-bond acceptors (Lipinski definition) is 2. The Hall–Kier alpha value is -2.00. The summed E-state index contributed by atoms with van der Waals surface area (Å²) in [6.07, 6.45) is 1.82. The third kappa shape index (κ3) is 2.25. The Morgan fingerprint density at radius 2 is 1.40 bits per heavy atom. The van der Waals surface area contributed by atoms with E-state index in [1.807, 2.05) is 6.26 Å². The number of nitriles is 1. The molecule has 0 heterocycles. The molecule has 2 rings (SSSR count). The smallest absolute Gasteiger partial charge is 0.180 e. The molecule has 102 valence electrons. The van der Waals surface area contributed by atoms with Gasteiger partial charge < -0.3 is 0 Å². The number of halogens is 4. The molecule has 0 spiro atoms. The molecule has 0 radical (unpaired) electrons. The van der Waals surface area contributed by atoms with Gasteiger partial charge in [-0.05, 0) is 24.0 Å². The van der Waals surface area contributed by atoms with Crippen molar-refractivity contribution in [2.75, 3.05) is 6.26 Å². The van der Waals surface area contributed by atoms with Gasteiger partial charge in [0.15, 0.2) is 23.3 Å². The van der Waals surface area contributed by atoms with Crippen LogP contribution in [0.15, 0.2) is 29.2 Å². The maximum Gasteiger partial charge on any atom is 0.180 e. The highest BCUT2D eigenvalue weighted by Crippen LogP contribution is 2.32. The van der Waals surface area contributed by atoms with E-state index in [0.717, 1.165) is 11.0 Å².